The number of hydrogen-bond donors (Lipinski definition) is 1. The number of likely N-dealkylation sites (tertiary alicyclic amines) is 1. The Kier molecular flexibility index (Phi) is 4.68. The molecule has 4 nitrogen and oxygen atoms in total. The van der Waals surface area contributed by atoms with E-state index in [9.17, 15) is 4.79 Å². The zero-order valence-electron chi connectivity index (χ0n) is 13.9. The molecule has 3 fully saturated rings. The molecule has 1 aromatic carbocycles. The largest absolute Gasteiger partial charge is 0.381 e. The van der Waals surface area contributed by atoms with Gasteiger partial charge in [-0.15, -0.1) is 0 Å². The third kappa shape index (κ3) is 3.40. The number of hydrogen-bond acceptors (Lipinski definition) is 2. The Balaban J connectivity index is 1.22. The molecule has 130 valence electrons. The lowest BCUT2D eigenvalue weighted by molar-refractivity contribution is 0.169. The summed E-state index contributed by atoms with van der Waals surface area (Å²) in [5.74, 6) is 1.83. The van der Waals surface area contributed by atoms with Crippen LogP contribution in [-0.4, -0.2) is 43.3 Å². The Morgan fingerprint density at radius 3 is 2.67 bits per heavy atom. The van der Waals surface area contributed by atoms with Crippen molar-refractivity contribution in [3.8, 4) is 0 Å². The first-order chi connectivity index (χ1) is 11.7. The third-order valence-corrected chi connectivity index (χ3v) is 6.20. The molecule has 2 heterocycles. The van der Waals surface area contributed by atoms with Crippen LogP contribution in [0.25, 0.3) is 0 Å². The van der Waals surface area contributed by atoms with Gasteiger partial charge in [0.05, 0.1) is 0 Å². The SMILES string of the molecule is O=C(NC1CC(c2ccc(Cl)cc2)C1)N1CC[C@H]([C@@H]2CCOC2)C1. The van der Waals surface area contributed by atoms with Crippen LogP contribution in [0.1, 0.15) is 37.2 Å². The molecule has 2 atom stereocenters. The Labute approximate surface area is 148 Å². The van der Waals surface area contributed by atoms with Crippen LogP contribution >= 0.6 is 11.6 Å². The van der Waals surface area contributed by atoms with Gasteiger partial charge in [0.1, 0.15) is 0 Å². The number of carbonyl (C=O) groups excluding carboxylic acids is 1. The predicted molar refractivity (Wildman–Crippen MR) is 94.4 cm³/mol. The zero-order valence-corrected chi connectivity index (χ0v) is 14.7. The Morgan fingerprint density at radius 1 is 1.17 bits per heavy atom. The maximum absolute atomic E-state index is 12.5. The summed E-state index contributed by atoms with van der Waals surface area (Å²) in [6.45, 7) is 3.56. The number of nitrogens with zero attached hydrogens (tertiary/aromatic N) is 1. The molecule has 0 aromatic heterocycles. The van der Waals surface area contributed by atoms with Crippen LogP contribution in [0.5, 0.6) is 0 Å². The fraction of sp³-hybridized carbons (Fsp3) is 0.632. The van der Waals surface area contributed by atoms with E-state index in [0.29, 0.717) is 23.8 Å². The van der Waals surface area contributed by atoms with E-state index in [1.165, 1.54) is 5.56 Å². The first kappa shape index (κ1) is 16.2. The van der Waals surface area contributed by atoms with Gasteiger partial charge in [0, 0.05) is 37.4 Å². The van der Waals surface area contributed by atoms with Crippen LogP contribution in [-0.2, 0) is 4.74 Å². The normalized spacial score (nSPS) is 32.6. The second kappa shape index (κ2) is 6.93. The van der Waals surface area contributed by atoms with Crippen molar-refractivity contribution in [2.24, 2.45) is 11.8 Å². The second-order valence-corrected chi connectivity index (χ2v) is 7.92. The lowest BCUT2D eigenvalue weighted by Gasteiger charge is -2.37. The van der Waals surface area contributed by atoms with E-state index >= 15 is 0 Å². The van der Waals surface area contributed by atoms with Gasteiger partial charge in [-0.05, 0) is 61.1 Å². The van der Waals surface area contributed by atoms with Gasteiger partial charge in [0.2, 0.25) is 0 Å². The number of halogens is 1. The highest BCUT2D eigenvalue weighted by Crippen LogP contribution is 2.37. The molecule has 0 spiro atoms. The maximum Gasteiger partial charge on any atom is 0.317 e. The van der Waals surface area contributed by atoms with Crippen molar-refractivity contribution in [3.05, 3.63) is 34.9 Å². The van der Waals surface area contributed by atoms with E-state index in [-0.39, 0.29) is 6.03 Å². The highest BCUT2D eigenvalue weighted by atomic mass is 35.5. The number of ether oxygens (including phenoxy) is 1. The molecule has 2 saturated heterocycles. The molecule has 5 heteroatoms. The average Bonchev–Trinajstić information content (AvgIpc) is 3.22. The summed E-state index contributed by atoms with van der Waals surface area (Å²) in [7, 11) is 0. The quantitative estimate of drug-likeness (QED) is 0.905. The van der Waals surface area contributed by atoms with Gasteiger partial charge in [0.15, 0.2) is 0 Å². The van der Waals surface area contributed by atoms with E-state index in [0.717, 1.165) is 57.0 Å². The summed E-state index contributed by atoms with van der Waals surface area (Å²) < 4.78 is 5.49. The average molecular weight is 349 g/mol. The van der Waals surface area contributed by atoms with Crippen molar-refractivity contribution >= 4 is 17.6 Å². The number of urea groups is 1. The third-order valence-electron chi connectivity index (χ3n) is 5.95. The number of carbonyl (C=O) groups is 1. The smallest absolute Gasteiger partial charge is 0.317 e. The van der Waals surface area contributed by atoms with Crippen molar-refractivity contribution in [2.45, 2.75) is 37.6 Å². The lowest BCUT2D eigenvalue weighted by atomic mass is 9.76. The van der Waals surface area contributed by atoms with Crippen LogP contribution < -0.4 is 5.32 Å². The summed E-state index contributed by atoms with van der Waals surface area (Å²) in [4.78, 5) is 14.5. The Hall–Kier alpha value is -1.26. The molecule has 24 heavy (non-hydrogen) atoms. The van der Waals surface area contributed by atoms with Crippen molar-refractivity contribution < 1.29 is 9.53 Å². The molecule has 1 aliphatic carbocycles. The molecule has 0 bridgehead atoms. The fourth-order valence-corrected chi connectivity index (χ4v) is 4.42. The molecule has 0 radical (unpaired) electrons. The molecular weight excluding hydrogens is 324 g/mol. The van der Waals surface area contributed by atoms with Gasteiger partial charge < -0.3 is 15.0 Å². The van der Waals surface area contributed by atoms with E-state index in [1.54, 1.807) is 0 Å². The highest BCUT2D eigenvalue weighted by Gasteiger charge is 2.36. The number of benzene rings is 1. The standard InChI is InChI=1S/C19H25ClN2O2/c20-17-3-1-13(2-4-17)16-9-18(10-16)21-19(23)22-7-5-14(11-22)15-6-8-24-12-15/h1-4,14-16,18H,5-12H2,(H,21,23)/t14-,15+,16?,18?/m0/s1. The summed E-state index contributed by atoms with van der Waals surface area (Å²) in [5.41, 5.74) is 1.33. The number of rotatable bonds is 3. The number of amides is 2. The highest BCUT2D eigenvalue weighted by molar-refractivity contribution is 6.30. The van der Waals surface area contributed by atoms with Gasteiger partial charge >= 0.3 is 6.03 Å². The van der Waals surface area contributed by atoms with Crippen LogP contribution in [0.3, 0.4) is 0 Å². The minimum absolute atomic E-state index is 0.121. The van der Waals surface area contributed by atoms with Gasteiger partial charge in [-0.3, -0.25) is 0 Å². The fourth-order valence-electron chi connectivity index (χ4n) is 4.29. The molecule has 4 rings (SSSR count). The van der Waals surface area contributed by atoms with Gasteiger partial charge in [-0.1, -0.05) is 23.7 Å². The van der Waals surface area contributed by atoms with Crippen LogP contribution in [0.15, 0.2) is 24.3 Å². The predicted octanol–water partition coefficient (Wildman–Crippen LogP) is 3.65. The van der Waals surface area contributed by atoms with E-state index < -0.39 is 0 Å². The molecule has 2 amide bonds. The van der Waals surface area contributed by atoms with Gasteiger partial charge in [-0.25, -0.2) is 4.79 Å². The van der Waals surface area contributed by atoms with Crippen molar-refractivity contribution in [2.75, 3.05) is 26.3 Å². The van der Waals surface area contributed by atoms with Crippen molar-refractivity contribution in [3.63, 3.8) is 0 Å². The van der Waals surface area contributed by atoms with Crippen LogP contribution in [0.2, 0.25) is 5.02 Å². The molecule has 0 unspecified atom stereocenters. The maximum atomic E-state index is 12.5. The van der Waals surface area contributed by atoms with Crippen molar-refractivity contribution in [1.29, 1.82) is 0 Å². The second-order valence-electron chi connectivity index (χ2n) is 7.48. The number of nitrogens with one attached hydrogen (secondary N) is 1. The molecule has 1 aromatic rings. The van der Waals surface area contributed by atoms with E-state index in [4.69, 9.17) is 16.3 Å². The lowest BCUT2D eigenvalue weighted by Crippen LogP contribution is -2.48. The summed E-state index contributed by atoms with van der Waals surface area (Å²) in [6, 6.07) is 8.52. The van der Waals surface area contributed by atoms with E-state index in [1.807, 2.05) is 17.0 Å². The van der Waals surface area contributed by atoms with Crippen LogP contribution in [0, 0.1) is 11.8 Å². The minimum atomic E-state index is 0.121. The molecular formula is C19H25ClN2O2. The summed E-state index contributed by atoms with van der Waals surface area (Å²) in [6.07, 6.45) is 4.34. The molecule has 1 saturated carbocycles. The zero-order chi connectivity index (χ0) is 16.5. The van der Waals surface area contributed by atoms with Gasteiger partial charge in [-0.2, -0.15) is 0 Å². The summed E-state index contributed by atoms with van der Waals surface area (Å²) in [5, 5.41) is 3.99. The van der Waals surface area contributed by atoms with Crippen LogP contribution in [0.4, 0.5) is 4.79 Å². The minimum Gasteiger partial charge on any atom is -0.381 e. The first-order valence-electron chi connectivity index (χ1n) is 9.07. The molecule has 1 N–H and O–H groups in total. The van der Waals surface area contributed by atoms with E-state index in [2.05, 4.69) is 17.4 Å². The van der Waals surface area contributed by atoms with Gasteiger partial charge in [0.25, 0.3) is 0 Å². The topological polar surface area (TPSA) is 41.6 Å². The molecule has 3 aliphatic rings. The Morgan fingerprint density at radius 2 is 1.96 bits per heavy atom. The first-order valence-corrected chi connectivity index (χ1v) is 9.45. The summed E-state index contributed by atoms with van der Waals surface area (Å²) >= 11 is 5.94. The van der Waals surface area contributed by atoms with Crippen molar-refractivity contribution in [1.82, 2.24) is 10.2 Å². The molecule has 2 aliphatic heterocycles. The monoisotopic (exact) mass is 348 g/mol. The Bertz CT molecular complexity index is 580.